The summed E-state index contributed by atoms with van der Waals surface area (Å²) < 4.78 is 8.45. The number of hydrogen-bond donors (Lipinski definition) is 0. The molecule has 4 aromatic rings. The number of fused-ring (bicyclic) bond motifs is 2. The van der Waals surface area contributed by atoms with Gasteiger partial charge in [-0.05, 0) is 56.2 Å². The highest BCUT2D eigenvalue weighted by Gasteiger charge is 2.27. The van der Waals surface area contributed by atoms with Crippen molar-refractivity contribution in [1.29, 1.82) is 0 Å². The lowest BCUT2D eigenvalue weighted by Crippen LogP contribution is -2.43. The average Bonchev–Trinajstić information content (AvgIpc) is 3.34. The summed E-state index contributed by atoms with van der Waals surface area (Å²) >= 11 is 1.57. The molecular formula is C24H27N5O2S. The van der Waals surface area contributed by atoms with Gasteiger partial charge in [-0.25, -0.2) is 9.97 Å². The van der Waals surface area contributed by atoms with E-state index >= 15 is 0 Å². The fourth-order valence-electron chi connectivity index (χ4n) is 4.13. The fourth-order valence-corrected chi connectivity index (χ4v) is 5.20. The quantitative estimate of drug-likeness (QED) is 0.463. The number of anilines is 1. The van der Waals surface area contributed by atoms with E-state index in [4.69, 9.17) is 9.72 Å². The predicted molar refractivity (Wildman–Crippen MR) is 128 cm³/mol. The van der Waals surface area contributed by atoms with Crippen LogP contribution in [-0.4, -0.2) is 64.6 Å². The fraction of sp³-hybridized carbons (Fsp3) is 0.375. The molecule has 3 aromatic heterocycles. The third-order valence-electron chi connectivity index (χ3n) is 6.12. The molecule has 0 N–H and O–H groups in total. The number of ether oxygens (including phenoxy) is 1. The minimum Gasteiger partial charge on any atom is -0.379 e. The van der Waals surface area contributed by atoms with Crippen molar-refractivity contribution in [1.82, 2.24) is 19.3 Å². The lowest BCUT2D eigenvalue weighted by Gasteiger charge is -2.29. The first kappa shape index (κ1) is 21.1. The molecule has 1 fully saturated rings. The van der Waals surface area contributed by atoms with Gasteiger partial charge in [-0.1, -0.05) is 17.4 Å². The number of amides is 1. The minimum atomic E-state index is -0.0676. The Morgan fingerprint density at radius 1 is 1.12 bits per heavy atom. The van der Waals surface area contributed by atoms with Gasteiger partial charge in [-0.15, -0.1) is 0 Å². The molecule has 32 heavy (non-hydrogen) atoms. The minimum absolute atomic E-state index is 0.0676. The second kappa shape index (κ2) is 8.61. The monoisotopic (exact) mass is 449 g/mol. The molecule has 1 aliphatic heterocycles. The van der Waals surface area contributed by atoms with Crippen molar-refractivity contribution < 1.29 is 9.53 Å². The molecule has 0 atom stereocenters. The first-order valence-corrected chi connectivity index (χ1v) is 11.8. The summed E-state index contributed by atoms with van der Waals surface area (Å²) in [5.74, 6) is -0.0676. The van der Waals surface area contributed by atoms with E-state index in [1.807, 2.05) is 40.6 Å². The van der Waals surface area contributed by atoms with Crippen LogP contribution in [-0.2, 0) is 4.74 Å². The van der Waals surface area contributed by atoms with Crippen LogP contribution in [0.1, 0.15) is 27.3 Å². The van der Waals surface area contributed by atoms with E-state index in [1.54, 1.807) is 11.3 Å². The average molecular weight is 450 g/mol. The number of aryl methyl sites for hydroxylation is 3. The van der Waals surface area contributed by atoms with E-state index in [0.717, 1.165) is 59.5 Å². The van der Waals surface area contributed by atoms with E-state index in [0.29, 0.717) is 12.2 Å². The van der Waals surface area contributed by atoms with Gasteiger partial charge in [0.15, 0.2) is 5.13 Å². The lowest BCUT2D eigenvalue weighted by molar-refractivity contribution is 0.0391. The molecular weight excluding hydrogens is 422 g/mol. The van der Waals surface area contributed by atoms with Gasteiger partial charge in [-0.2, -0.15) is 0 Å². The number of nitrogens with zero attached hydrogens (tertiary/aromatic N) is 5. The summed E-state index contributed by atoms with van der Waals surface area (Å²) in [6.07, 6.45) is 1.90. The zero-order valence-corrected chi connectivity index (χ0v) is 19.5. The Morgan fingerprint density at radius 3 is 2.72 bits per heavy atom. The topological polar surface area (TPSA) is 63.0 Å². The van der Waals surface area contributed by atoms with E-state index < -0.39 is 0 Å². The largest absolute Gasteiger partial charge is 0.379 e. The van der Waals surface area contributed by atoms with E-state index in [9.17, 15) is 4.79 Å². The van der Waals surface area contributed by atoms with Gasteiger partial charge in [-0.3, -0.25) is 19.0 Å². The van der Waals surface area contributed by atoms with Crippen LogP contribution in [0.4, 0.5) is 5.13 Å². The third-order valence-corrected chi connectivity index (χ3v) is 7.16. The van der Waals surface area contributed by atoms with Crippen LogP contribution in [0, 0.1) is 20.8 Å². The molecule has 0 bridgehead atoms. The second-order valence-corrected chi connectivity index (χ2v) is 9.30. The number of thiazole rings is 1. The summed E-state index contributed by atoms with van der Waals surface area (Å²) in [6.45, 7) is 10.7. The first-order chi connectivity index (χ1) is 15.5. The molecule has 4 heterocycles. The lowest BCUT2D eigenvalue weighted by atomic mass is 10.1. The van der Waals surface area contributed by atoms with Crippen molar-refractivity contribution in [2.75, 3.05) is 44.3 Å². The Balaban J connectivity index is 1.54. The highest BCUT2D eigenvalue weighted by Crippen LogP contribution is 2.32. The van der Waals surface area contributed by atoms with Crippen LogP contribution < -0.4 is 4.90 Å². The summed E-state index contributed by atoms with van der Waals surface area (Å²) in [6, 6.07) is 10.0. The highest BCUT2D eigenvalue weighted by atomic mass is 32.1. The molecule has 1 aliphatic rings. The predicted octanol–water partition coefficient (Wildman–Crippen LogP) is 3.85. The maximum atomic E-state index is 13.9. The van der Waals surface area contributed by atoms with Crippen LogP contribution in [0.5, 0.6) is 0 Å². The van der Waals surface area contributed by atoms with Crippen LogP contribution in [0.2, 0.25) is 0 Å². The van der Waals surface area contributed by atoms with Gasteiger partial charge in [0, 0.05) is 32.4 Å². The number of morpholine rings is 1. The number of rotatable bonds is 5. The molecule has 0 saturated carbocycles. The van der Waals surface area contributed by atoms with E-state index in [2.05, 4.69) is 35.9 Å². The standard InChI is InChI=1S/C24H27N5O2S/c1-16-14-19-20(15-17(16)2)32-24(26-19)29(9-8-27-10-12-31-13-11-27)23(30)22-18(3)25-21-6-4-5-7-28(21)22/h4-7,14-15H,8-13H2,1-3H3. The highest BCUT2D eigenvalue weighted by molar-refractivity contribution is 7.22. The Kier molecular flexibility index (Phi) is 5.67. The maximum Gasteiger partial charge on any atom is 0.279 e. The molecule has 1 aromatic carbocycles. The zero-order chi connectivity index (χ0) is 22.2. The normalized spacial score (nSPS) is 15.0. The molecule has 5 rings (SSSR count). The van der Waals surface area contributed by atoms with Gasteiger partial charge < -0.3 is 4.74 Å². The Morgan fingerprint density at radius 2 is 1.91 bits per heavy atom. The van der Waals surface area contributed by atoms with E-state index in [-0.39, 0.29) is 5.91 Å². The molecule has 0 radical (unpaired) electrons. The number of benzene rings is 1. The van der Waals surface area contributed by atoms with E-state index in [1.165, 1.54) is 11.1 Å². The number of carbonyl (C=O) groups is 1. The number of aromatic nitrogens is 3. The van der Waals surface area contributed by atoms with Gasteiger partial charge in [0.25, 0.3) is 5.91 Å². The Bertz CT molecular complexity index is 1250. The first-order valence-electron chi connectivity index (χ1n) is 10.9. The van der Waals surface area contributed by atoms with Crippen molar-refractivity contribution >= 4 is 38.2 Å². The molecule has 8 heteroatoms. The SMILES string of the molecule is Cc1cc2nc(N(CCN3CCOCC3)C(=O)c3c(C)nc4ccccn34)sc2cc1C. The van der Waals surface area contributed by atoms with Crippen molar-refractivity contribution in [3.63, 3.8) is 0 Å². The smallest absolute Gasteiger partial charge is 0.279 e. The molecule has 0 unspecified atom stereocenters. The van der Waals surface area contributed by atoms with Crippen LogP contribution >= 0.6 is 11.3 Å². The molecule has 1 saturated heterocycles. The maximum absolute atomic E-state index is 13.9. The number of imidazole rings is 1. The van der Waals surface area contributed by atoms with Gasteiger partial charge >= 0.3 is 0 Å². The molecule has 1 amide bonds. The van der Waals surface area contributed by atoms with Gasteiger partial charge in [0.1, 0.15) is 11.3 Å². The summed E-state index contributed by atoms with van der Waals surface area (Å²) in [4.78, 5) is 27.5. The zero-order valence-electron chi connectivity index (χ0n) is 18.7. The number of pyridine rings is 1. The number of hydrogen-bond acceptors (Lipinski definition) is 6. The Labute approximate surface area is 191 Å². The second-order valence-electron chi connectivity index (χ2n) is 8.29. The summed E-state index contributed by atoms with van der Waals surface area (Å²) in [7, 11) is 0. The van der Waals surface area contributed by atoms with Crippen molar-refractivity contribution in [2.45, 2.75) is 20.8 Å². The molecule has 0 spiro atoms. The third kappa shape index (κ3) is 3.90. The number of carbonyl (C=O) groups excluding carboxylic acids is 1. The molecule has 7 nitrogen and oxygen atoms in total. The molecule has 166 valence electrons. The van der Waals surface area contributed by atoms with Crippen molar-refractivity contribution in [2.24, 2.45) is 0 Å². The van der Waals surface area contributed by atoms with Gasteiger partial charge in [0.05, 0.1) is 29.1 Å². The summed E-state index contributed by atoms with van der Waals surface area (Å²) in [5.41, 5.74) is 5.47. The van der Waals surface area contributed by atoms with Crippen LogP contribution in [0.3, 0.4) is 0 Å². The van der Waals surface area contributed by atoms with Crippen molar-refractivity contribution in [3.8, 4) is 0 Å². The van der Waals surface area contributed by atoms with Gasteiger partial charge in [0.2, 0.25) is 0 Å². The van der Waals surface area contributed by atoms with Crippen molar-refractivity contribution in [3.05, 3.63) is 59.0 Å². The molecule has 0 aliphatic carbocycles. The van der Waals surface area contributed by atoms with Crippen LogP contribution in [0.25, 0.3) is 15.9 Å². The summed E-state index contributed by atoms with van der Waals surface area (Å²) in [5, 5.41) is 0.730. The Hall–Kier alpha value is -2.81. The van der Waals surface area contributed by atoms with Crippen LogP contribution in [0.15, 0.2) is 36.5 Å².